The summed E-state index contributed by atoms with van der Waals surface area (Å²) in [6.45, 7) is 4.54. The van der Waals surface area contributed by atoms with Crippen LogP contribution in [0.25, 0.3) is 0 Å². The average Bonchev–Trinajstić information content (AvgIpc) is 2.87. The first-order valence-electron chi connectivity index (χ1n) is 7.41. The van der Waals surface area contributed by atoms with Gasteiger partial charge in [-0.05, 0) is 31.9 Å². The Morgan fingerprint density at radius 3 is 3.10 bits per heavy atom. The Morgan fingerprint density at radius 1 is 1.55 bits per heavy atom. The Balaban J connectivity index is 1.67. The van der Waals surface area contributed by atoms with Gasteiger partial charge in [0.15, 0.2) is 0 Å². The van der Waals surface area contributed by atoms with E-state index < -0.39 is 6.04 Å². The summed E-state index contributed by atoms with van der Waals surface area (Å²) in [6.07, 6.45) is 3.80. The second-order valence-corrected chi connectivity index (χ2v) is 6.88. The number of carbonyl (C=O) groups excluding carboxylic acids is 1. The number of esters is 1. The van der Waals surface area contributed by atoms with Crippen LogP contribution in [-0.2, 0) is 19.0 Å². The minimum absolute atomic E-state index is 0.0425. The van der Waals surface area contributed by atoms with Crippen molar-refractivity contribution in [2.45, 2.75) is 49.5 Å². The smallest absolute Gasteiger partial charge is 0.322 e. The van der Waals surface area contributed by atoms with Gasteiger partial charge in [-0.25, -0.2) is 0 Å². The number of nitrogens with two attached hydrogens (primary N) is 1. The molecule has 0 bridgehead atoms. The lowest BCUT2D eigenvalue weighted by Gasteiger charge is -2.36. The molecular formula is C14H25NO4S. The SMILES string of the molecule is CCOC(=O)C(N)CCSC1CCOC2(CCOC2)C1. The summed E-state index contributed by atoms with van der Waals surface area (Å²) in [6, 6.07) is -0.494. The van der Waals surface area contributed by atoms with Crippen LogP contribution in [0.2, 0.25) is 0 Å². The molecule has 20 heavy (non-hydrogen) atoms. The van der Waals surface area contributed by atoms with Crippen LogP contribution in [-0.4, -0.2) is 55.0 Å². The maximum atomic E-state index is 11.4. The molecule has 2 aliphatic heterocycles. The second-order valence-electron chi connectivity index (χ2n) is 5.47. The fourth-order valence-corrected chi connectivity index (χ4v) is 4.13. The van der Waals surface area contributed by atoms with Gasteiger partial charge in [-0.15, -0.1) is 0 Å². The lowest BCUT2D eigenvalue weighted by Crippen LogP contribution is -2.41. The van der Waals surface area contributed by atoms with Gasteiger partial charge in [0.1, 0.15) is 6.04 Å². The molecule has 2 rings (SSSR count). The quantitative estimate of drug-likeness (QED) is 0.747. The van der Waals surface area contributed by atoms with Gasteiger partial charge in [-0.2, -0.15) is 11.8 Å². The minimum atomic E-state index is -0.494. The highest BCUT2D eigenvalue weighted by Gasteiger charge is 2.41. The van der Waals surface area contributed by atoms with Crippen LogP contribution in [0.5, 0.6) is 0 Å². The van der Waals surface area contributed by atoms with E-state index in [-0.39, 0.29) is 11.6 Å². The molecule has 0 amide bonds. The monoisotopic (exact) mass is 303 g/mol. The molecule has 5 nitrogen and oxygen atoms in total. The van der Waals surface area contributed by atoms with E-state index in [4.69, 9.17) is 19.9 Å². The molecule has 2 heterocycles. The Hall–Kier alpha value is -0.300. The van der Waals surface area contributed by atoms with Crippen LogP contribution < -0.4 is 5.73 Å². The van der Waals surface area contributed by atoms with Gasteiger partial charge in [-0.1, -0.05) is 0 Å². The van der Waals surface area contributed by atoms with Crippen molar-refractivity contribution in [1.29, 1.82) is 0 Å². The Morgan fingerprint density at radius 2 is 2.40 bits per heavy atom. The summed E-state index contributed by atoms with van der Waals surface area (Å²) < 4.78 is 16.3. The number of thioether (sulfide) groups is 1. The molecule has 1 spiro atoms. The van der Waals surface area contributed by atoms with E-state index in [2.05, 4.69) is 0 Å². The Labute approximate surface area is 124 Å². The van der Waals surface area contributed by atoms with Crippen molar-refractivity contribution < 1.29 is 19.0 Å². The maximum absolute atomic E-state index is 11.4. The molecule has 2 aliphatic rings. The molecule has 2 N–H and O–H groups in total. The van der Waals surface area contributed by atoms with Crippen molar-refractivity contribution in [3.8, 4) is 0 Å². The predicted octanol–water partition coefficient (Wildman–Crippen LogP) is 1.34. The largest absolute Gasteiger partial charge is 0.465 e. The summed E-state index contributed by atoms with van der Waals surface area (Å²) in [4.78, 5) is 11.4. The van der Waals surface area contributed by atoms with Gasteiger partial charge in [-0.3, -0.25) is 4.79 Å². The Kier molecular flexibility index (Phi) is 6.14. The standard InChI is InChI=1S/C14H25NO4S/c1-2-18-13(16)12(15)4-8-20-11-3-6-19-14(9-11)5-7-17-10-14/h11-12H,2-10,15H2,1H3. The summed E-state index contributed by atoms with van der Waals surface area (Å²) in [5.41, 5.74) is 5.76. The van der Waals surface area contributed by atoms with E-state index in [9.17, 15) is 4.79 Å². The van der Waals surface area contributed by atoms with Crippen molar-refractivity contribution in [2.75, 3.05) is 32.2 Å². The lowest BCUT2D eigenvalue weighted by atomic mass is 9.93. The van der Waals surface area contributed by atoms with Crippen LogP contribution in [0.4, 0.5) is 0 Å². The van der Waals surface area contributed by atoms with Crippen LogP contribution in [0, 0.1) is 0 Å². The molecule has 6 heteroatoms. The molecule has 0 aromatic heterocycles. The van der Waals surface area contributed by atoms with E-state index in [1.807, 2.05) is 11.8 Å². The van der Waals surface area contributed by atoms with Crippen molar-refractivity contribution in [3.05, 3.63) is 0 Å². The van der Waals surface area contributed by atoms with Crippen LogP contribution >= 0.6 is 11.8 Å². The first kappa shape index (κ1) is 16.1. The fourth-order valence-electron chi connectivity index (χ4n) is 2.72. The minimum Gasteiger partial charge on any atom is -0.465 e. The van der Waals surface area contributed by atoms with Gasteiger partial charge in [0.2, 0.25) is 0 Å². The van der Waals surface area contributed by atoms with Crippen LogP contribution in [0.3, 0.4) is 0 Å². The second kappa shape index (κ2) is 7.64. The number of hydrogen-bond donors (Lipinski definition) is 1. The molecule has 3 atom stereocenters. The van der Waals surface area contributed by atoms with E-state index in [1.165, 1.54) is 0 Å². The summed E-state index contributed by atoms with van der Waals surface area (Å²) in [7, 11) is 0. The highest BCUT2D eigenvalue weighted by Crippen LogP contribution is 2.37. The molecule has 0 aromatic rings. The molecule has 116 valence electrons. The van der Waals surface area contributed by atoms with Crippen molar-refractivity contribution in [2.24, 2.45) is 5.73 Å². The van der Waals surface area contributed by atoms with E-state index >= 15 is 0 Å². The molecule has 0 aliphatic carbocycles. The van der Waals surface area contributed by atoms with Crippen molar-refractivity contribution in [1.82, 2.24) is 0 Å². The van der Waals surface area contributed by atoms with Gasteiger partial charge in [0, 0.05) is 24.9 Å². The van der Waals surface area contributed by atoms with Crippen molar-refractivity contribution >= 4 is 17.7 Å². The first-order chi connectivity index (χ1) is 9.65. The number of rotatable bonds is 6. The number of hydrogen-bond acceptors (Lipinski definition) is 6. The molecule has 0 radical (unpaired) electrons. The molecule has 2 saturated heterocycles. The van der Waals surface area contributed by atoms with Gasteiger partial charge >= 0.3 is 5.97 Å². The zero-order valence-electron chi connectivity index (χ0n) is 12.1. The summed E-state index contributed by atoms with van der Waals surface area (Å²) >= 11 is 1.90. The fraction of sp³-hybridized carbons (Fsp3) is 0.929. The highest BCUT2D eigenvalue weighted by molar-refractivity contribution is 7.99. The summed E-state index contributed by atoms with van der Waals surface area (Å²) in [5, 5.41) is 0.583. The zero-order valence-corrected chi connectivity index (χ0v) is 13.0. The van der Waals surface area contributed by atoms with Gasteiger partial charge in [0.05, 0.1) is 18.8 Å². The topological polar surface area (TPSA) is 70.8 Å². The molecule has 0 saturated carbocycles. The Bertz CT molecular complexity index is 320. The average molecular weight is 303 g/mol. The van der Waals surface area contributed by atoms with Crippen LogP contribution in [0.1, 0.15) is 32.6 Å². The predicted molar refractivity (Wildman–Crippen MR) is 78.8 cm³/mol. The van der Waals surface area contributed by atoms with Crippen LogP contribution in [0.15, 0.2) is 0 Å². The third kappa shape index (κ3) is 4.35. The molecular weight excluding hydrogens is 278 g/mol. The van der Waals surface area contributed by atoms with E-state index in [1.54, 1.807) is 6.92 Å². The summed E-state index contributed by atoms with van der Waals surface area (Å²) in [5.74, 6) is 0.599. The number of carbonyl (C=O) groups is 1. The maximum Gasteiger partial charge on any atom is 0.322 e. The third-order valence-electron chi connectivity index (χ3n) is 3.89. The number of ether oxygens (including phenoxy) is 3. The molecule has 0 aromatic carbocycles. The normalized spacial score (nSPS) is 31.4. The lowest BCUT2D eigenvalue weighted by molar-refractivity contribution is -0.144. The van der Waals surface area contributed by atoms with Crippen molar-refractivity contribution in [3.63, 3.8) is 0 Å². The third-order valence-corrected chi connectivity index (χ3v) is 5.23. The van der Waals surface area contributed by atoms with E-state index in [0.29, 0.717) is 18.3 Å². The molecule has 2 fully saturated rings. The van der Waals surface area contributed by atoms with Gasteiger partial charge in [0.25, 0.3) is 0 Å². The zero-order chi connectivity index (χ0) is 14.4. The van der Waals surface area contributed by atoms with E-state index in [0.717, 1.165) is 44.8 Å². The van der Waals surface area contributed by atoms with Gasteiger partial charge < -0.3 is 19.9 Å². The molecule has 3 unspecified atom stereocenters. The first-order valence-corrected chi connectivity index (χ1v) is 8.45. The highest BCUT2D eigenvalue weighted by atomic mass is 32.2.